The van der Waals surface area contributed by atoms with Crippen molar-refractivity contribution in [2.75, 3.05) is 34.2 Å². The number of hydrogen-bond donors (Lipinski definition) is 1. The van der Waals surface area contributed by atoms with Gasteiger partial charge in [-0.2, -0.15) is 8.42 Å². The van der Waals surface area contributed by atoms with Crippen molar-refractivity contribution in [1.29, 1.82) is 0 Å². The van der Waals surface area contributed by atoms with Crippen LogP contribution >= 0.6 is 0 Å². The molecule has 2 aromatic rings. The first-order valence-corrected chi connectivity index (χ1v) is 8.45. The molecule has 0 aliphatic heterocycles. The third kappa shape index (κ3) is 3.82. The molecular weight excluding hydrogens is 350 g/mol. The number of nitrogen functional groups attached to an aromatic ring is 1. The van der Waals surface area contributed by atoms with E-state index in [1.807, 2.05) is 0 Å². The van der Waals surface area contributed by atoms with Gasteiger partial charge in [-0.05, 0) is 12.1 Å². The monoisotopic (exact) mass is 369 g/mol. The summed E-state index contributed by atoms with van der Waals surface area (Å²) in [6.45, 7) is 0. The Balaban J connectivity index is 2.44. The second-order valence-electron chi connectivity index (χ2n) is 4.80. The summed E-state index contributed by atoms with van der Waals surface area (Å²) in [5, 5.41) is 0. The van der Waals surface area contributed by atoms with Gasteiger partial charge in [0.05, 0.1) is 34.1 Å². The van der Waals surface area contributed by atoms with Gasteiger partial charge in [-0.3, -0.25) is 0 Å². The van der Waals surface area contributed by atoms with Crippen LogP contribution in [0.3, 0.4) is 0 Å². The first-order chi connectivity index (χ1) is 11.9. The van der Waals surface area contributed by atoms with Crippen LogP contribution in [0.2, 0.25) is 0 Å². The smallest absolute Gasteiger partial charge is 0.341 e. The van der Waals surface area contributed by atoms with E-state index in [4.69, 9.17) is 28.9 Å². The van der Waals surface area contributed by atoms with Gasteiger partial charge in [0.1, 0.15) is 10.6 Å². The van der Waals surface area contributed by atoms with Gasteiger partial charge in [-0.15, -0.1) is 0 Å². The molecule has 0 fully saturated rings. The zero-order chi connectivity index (χ0) is 18.6. The quantitative estimate of drug-likeness (QED) is 0.584. The molecule has 9 heteroatoms. The molecule has 0 aromatic heterocycles. The Bertz CT molecular complexity index is 840. The molecule has 0 bridgehead atoms. The normalized spacial score (nSPS) is 10.9. The predicted octanol–water partition coefficient (Wildman–Crippen LogP) is 2.07. The Kier molecular flexibility index (Phi) is 5.48. The minimum atomic E-state index is -4.17. The maximum Gasteiger partial charge on any atom is 0.341 e. The Morgan fingerprint density at radius 1 is 0.800 bits per heavy atom. The highest BCUT2D eigenvalue weighted by Crippen LogP contribution is 2.41. The van der Waals surface area contributed by atoms with Crippen molar-refractivity contribution in [1.82, 2.24) is 0 Å². The van der Waals surface area contributed by atoms with E-state index in [2.05, 4.69) is 0 Å². The van der Waals surface area contributed by atoms with Gasteiger partial charge in [0.25, 0.3) is 0 Å². The highest BCUT2D eigenvalue weighted by atomic mass is 32.2. The summed E-state index contributed by atoms with van der Waals surface area (Å²) in [6, 6.07) is 6.92. The van der Waals surface area contributed by atoms with Crippen LogP contribution in [0.15, 0.2) is 35.2 Å². The number of methoxy groups -OCH3 is 4. The molecule has 0 aliphatic rings. The van der Waals surface area contributed by atoms with Gasteiger partial charge >= 0.3 is 10.1 Å². The molecule has 2 N–H and O–H groups in total. The van der Waals surface area contributed by atoms with E-state index in [1.165, 1.54) is 58.8 Å². The van der Waals surface area contributed by atoms with Gasteiger partial charge < -0.3 is 28.9 Å². The summed E-state index contributed by atoms with van der Waals surface area (Å²) in [6.07, 6.45) is 0. The molecule has 8 nitrogen and oxygen atoms in total. The van der Waals surface area contributed by atoms with E-state index >= 15 is 0 Å². The molecular formula is C16H19NO7S. The molecule has 0 unspecified atom stereocenters. The summed E-state index contributed by atoms with van der Waals surface area (Å²) in [5.74, 6) is 1.26. The lowest BCUT2D eigenvalue weighted by Crippen LogP contribution is -2.12. The van der Waals surface area contributed by atoms with Crippen molar-refractivity contribution in [2.24, 2.45) is 0 Å². The summed E-state index contributed by atoms with van der Waals surface area (Å²) in [7, 11) is 1.55. The van der Waals surface area contributed by atoms with E-state index in [-0.39, 0.29) is 27.8 Å². The van der Waals surface area contributed by atoms with Crippen LogP contribution in [-0.2, 0) is 10.1 Å². The number of ether oxygens (including phenoxy) is 4. The summed E-state index contributed by atoms with van der Waals surface area (Å²) in [4.78, 5) is -0.179. The third-order valence-electron chi connectivity index (χ3n) is 3.33. The fourth-order valence-corrected chi connectivity index (χ4v) is 3.18. The van der Waals surface area contributed by atoms with Crippen molar-refractivity contribution in [3.8, 4) is 28.7 Å². The fraction of sp³-hybridized carbons (Fsp3) is 0.250. The van der Waals surface area contributed by atoms with Gasteiger partial charge in [-0.1, -0.05) is 0 Å². The lowest BCUT2D eigenvalue weighted by Gasteiger charge is -2.15. The lowest BCUT2D eigenvalue weighted by molar-refractivity contribution is 0.322. The van der Waals surface area contributed by atoms with Crippen LogP contribution in [0.4, 0.5) is 5.69 Å². The molecule has 0 atom stereocenters. The Morgan fingerprint density at radius 3 is 1.84 bits per heavy atom. The minimum Gasteiger partial charge on any atom is -0.497 e. The van der Waals surface area contributed by atoms with E-state index in [1.54, 1.807) is 0 Å². The number of anilines is 1. The first-order valence-electron chi connectivity index (χ1n) is 7.04. The average Bonchev–Trinajstić information content (AvgIpc) is 2.59. The molecule has 0 amide bonds. The summed E-state index contributed by atoms with van der Waals surface area (Å²) < 4.78 is 50.7. The number of benzene rings is 2. The minimum absolute atomic E-state index is 0.00629. The molecule has 25 heavy (non-hydrogen) atoms. The Morgan fingerprint density at radius 2 is 1.40 bits per heavy atom. The standard InChI is InChI=1S/C16H19NO7S/c1-20-10-5-6-15(12(17)7-10)25(18,19)24-11-8-13(21-2)16(23-4)14(9-11)22-3/h5-9H,17H2,1-4H3. The van der Waals surface area contributed by atoms with Gasteiger partial charge in [0, 0.05) is 18.2 Å². The van der Waals surface area contributed by atoms with Gasteiger partial charge in [0.15, 0.2) is 17.2 Å². The third-order valence-corrected chi connectivity index (χ3v) is 4.65. The second-order valence-corrected chi connectivity index (χ2v) is 6.32. The highest BCUT2D eigenvalue weighted by molar-refractivity contribution is 7.87. The Labute approximate surface area is 146 Å². The van der Waals surface area contributed by atoms with Gasteiger partial charge in [0.2, 0.25) is 5.75 Å². The highest BCUT2D eigenvalue weighted by Gasteiger charge is 2.23. The molecule has 0 radical (unpaired) electrons. The predicted molar refractivity (Wildman–Crippen MR) is 91.3 cm³/mol. The maximum absolute atomic E-state index is 12.5. The van der Waals surface area contributed by atoms with Crippen molar-refractivity contribution in [2.45, 2.75) is 4.90 Å². The van der Waals surface area contributed by atoms with Crippen LogP contribution in [0, 0.1) is 0 Å². The van der Waals surface area contributed by atoms with Crippen LogP contribution in [0.25, 0.3) is 0 Å². The average molecular weight is 369 g/mol. The Hall–Kier alpha value is -2.81. The van der Waals surface area contributed by atoms with Crippen molar-refractivity contribution >= 4 is 15.8 Å². The van der Waals surface area contributed by atoms with Crippen LogP contribution in [0.5, 0.6) is 28.7 Å². The van der Waals surface area contributed by atoms with E-state index in [0.29, 0.717) is 11.5 Å². The molecule has 2 aromatic carbocycles. The van der Waals surface area contributed by atoms with Crippen molar-refractivity contribution in [3.05, 3.63) is 30.3 Å². The molecule has 136 valence electrons. The zero-order valence-corrected chi connectivity index (χ0v) is 15.0. The SMILES string of the molecule is COc1ccc(S(=O)(=O)Oc2cc(OC)c(OC)c(OC)c2)c(N)c1. The molecule has 0 heterocycles. The lowest BCUT2D eigenvalue weighted by atomic mass is 10.2. The second kappa shape index (κ2) is 7.39. The van der Waals surface area contributed by atoms with E-state index < -0.39 is 10.1 Å². The number of nitrogens with two attached hydrogens (primary N) is 1. The van der Waals surface area contributed by atoms with Gasteiger partial charge in [-0.25, -0.2) is 0 Å². The zero-order valence-electron chi connectivity index (χ0n) is 14.2. The number of hydrogen-bond acceptors (Lipinski definition) is 8. The van der Waals surface area contributed by atoms with Crippen molar-refractivity contribution in [3.63, 3.8) is 0 Å². The van der Waals surface area contributed by atoms with Crippen LogP contribution in [-0.4, -0.2) is 36.9 Å². The summed E-state index contributed by atoms with van der Waals surface area (Å²) in [5.41, 5.74) is 5.79. The van der Waals surface area contributed by atoms with Crippen LogP contribution < -0.4 is 28.9 Å². The van der Waals surface area contributed by atoms with E-state index in [9.17, 15) is 8.42 Å². The molecule has 0 saturated heterocycles. The largest absolute Gasteiger partial charge is 0.497 e. The van der Waals surface area contributed by atoms with Crippen molar-refractivity contribution < 1.29 is 31.5 Å². The molecule has 0 aliphatic carbocycles. The molecule has 0 spiro atoms. The summed E-state index contributed by atoms with van der Waals surface area (Å²) >= 11 is 0. The molecule has 0 saturated carbocycles. The number of rotatable bonds is 7. The fourth-order valence-electron chi connectivity index (χ4n) is 2.16. The molecule has 2 rings (SSSR count). The topological polar surface area (TPSA) is 106 Å². The van der Waals surface area contributed by atoms with Crippen LogP contribution in [0.1, 0.15) is 0 Å². The van der Waals surface area contributed by atoms with E-state index in [0.717, 1.165) is 0 Å². The maximum atomic E-state index is 12.5. The first kappa shape index (κ1) is 18.5.